The first-order valence-corrected chi connectivity index (χ1v) is 7.60. The van der Waals surface area contributed by atoms with Gasteiger partial charge >= 0.3 is 0 Å². The van der Waals surface area contributed by atoms with Crippen molar-refractivity contribution < 1.29 is 9.59 Å². The second-order valence-corrected chi connectivity index (χ2v) is 5.66. The van der Waals surface area contributed by atoms with Gasteiger partial charge < -0.3 is 19.4 Å². The highest BCUT2D eigenvalue weighted by Gasteiger charge is 2.18. The van der Waals surface area contributed by atoms with Gasteiger partial charge in [0.05, 0.1) is 11.0 Å². The number of rotatable bonds is 5. The van der Waals surface area contributed by atoms with Crippen LogP contribution in [0.3, 0.4) is 0 Å². The van der Waals surface area contributed by atoms with Crippen molar-refractivity contribution in [3.05, 3.63) is 29.9 Å². The molecule has 2 aromatic rings. The Morgan fingerprint density at radius 2 is 1.78 bits per heavy atom. The van der Waals surface area contributed by atoms with Crippen molar-refractivity contribution in [2.24, 2.45) is 0 Å². The number of nitrogens with zero attached hydrogens (tertiary/aromatic N) is 3. The Labute approximate surface area is 135 Å². The van der Waals surface area contributed by atoms with Gasteiger partial charge in [0.1, 0.15) is 12.6 Å². The summed E-state index contributed by atoms with van der Waals surface area (Å²) in [6.45, 7) is 4.29. The Morgan fingerprint density at radius 1 is 1.22 bits per heavy atom. The molecule has 23 heavy (non-hydrogen) atoms. The molecule has 0 aliphatic rings. The highest BCUT2D eigenvalue weighted by molar-refractivity contribution is 5.87. The van der Waals surface area contributed by atoms with Gasteiger partial charge in [0.25, 0.3) is 0 Å². The van der Waals surface area contributed by atoms with Gasteiger partial charge in [-0.15, -0.1) is 0 Å². The number of aryl methyl sites for hydroxylation is 1. The fraction of sp³-hybridized carbons (Fsp3) is 0.438. The van der Waals surface area contributed by atoms with Crippen LogP contribution >= 0.6 is 0 Å². The molecule has 0 aliphatic carbocycles. The van der Waals surface area contributed by atoms with Crippen molar-refractivity contribution in [1.82, 2.24) is 19.4 Å². The first-order chi connectivity index (χ1) is 10.9. The number of likely N-dealkylation sites (N-methyl/N-ethyl adjacent to an activating group) is 1. The average molecular weight is 317 g/mol. The zero-order valence-electron chi connectivity index (χ0n) is 14.0. The Hall–Kier alpha value is -2.57. The Morgan fingerprint density at radius 3 is 2.30 bits per heavy atom. The van der Waals surface area contributed by atoms with Crippen molar-refractivity contribution in [2.75, 3.05) is 14.1 Å². The number of carbonyl (C=O) groups is 2. The number of hydrogen-bond donors (Lipinski definition) is 2. The monoisotopic (exact) mass is 317 g/mol. The molecule has 1 aromatic heterocycles. The second kappa shape index (κ2) is 6.68. The molecule has 0 saturated carbocycles. The van der Waals surface area contributed by atoms with E-state index < -0.39 is 6.04 Å². The standard InChI is InChI=1S/C16H23N5O2/c1-5-20-12-8-6-7-9-13(12)21(16(20)17)10-14(22)18-11(2)15(23)19(3)4/h6-9,11,17H,5,10H2,1-4H3,(H,18,22). The molecular formula is C16H23N5O2. The molecule has 2 rings (SSSR count). The molecule has 0 bridgehead atoms. The fourth-order valence-corrected chi connectivity index (χ4v) is 2.65. The molecule has 1 aromatic carbocycles. The number of fused-ring (bicyclic) bond motifs is 1. The van der Waals surface area contributed by atoms with E-state index in [0.717, 1.165) is 11.0 Å². The lowest BCUT2D eigenvalue weighted by Gasteiger charge is -2.18. The van der Waals surface area contributed by atoms with E-state index in [2.05, 4.69) is 5.32 Å². The molecular weight excluding hydrogens is 294 g/mol. The molecule has 2 amide bonds. The molecule has 0 aliphatic heterocycles. The van der Waals surface area contributed by atoms with Crippen LogP contribution in [0.1, 0.15) is 13.8 Å². The maximum absolute atomic E-state index is 12.2. The number of aromatic nitrogens is 2. The minimum atomic E-state index is -0.591. The van der Waals surface area contributed by atoms with Crippen LogP contribution in [0.2, 0.25) is 0 Å². The molecule has 0 radical (unpaired) electrons. The van der Waals surface area contributed by atoms with Crippen molar-refractivity contribution >= 4 is 22.8 Å². The molecule has 1 unspecified atom stereocenters. The lowest BCUT2D eigenvalue weighted by molar-refractivity contribution is -0.134. The third-order valence-corrected chi connectivity index (χ3v) is 3.78. The second-order valence-electron chi connectivity index (χ2n) is 5.66. The summed E-state index contributed by atoms with van der Waals surface area (Å²) in [7, 11) is 3.30. The van der Waals surface area contributed by atoms with E-state index in [-0.39, 0.29) is 24.0 Å². The summed E-state index contributed by atoms with van der Waals surface area (Å²) in [4.78, 5) is 25.5. The lowest BCUT2D eigenvalue weighted by Crippen LogP contribution is -2.46. The zero-order valence-corrected chi connectivity index (χ0v) is 14.0. The van der Waals surface area contributed by atoms with Crippen LogP contribution in [0.25, 0.3) is 11.0 Å². The summed E-state index contributed by atoms with van der Waals surface area (Å²) in [6, 6.07) is 7.03. The third kappa shape index (κ3) is 3.28. The Kier molecular flexibility index (Phi) is 4.88. The van der Waals surface area contributed by atoms with Crippen molar-refractivity contribution in [1.29, 1.82) is 5.41 Å². The van der Waals surface area contributed by atoms with Crippen LogP contribution in [0.5, 0.6) is 0 Å². The Bertz CT molecular complexity index is 787. The summed E-state index contributed by atoms with van der Waals surface area (Å²) < 4.78 is 3.50. The van der Waals surface area contributed by atoms with Gasteiger partial charge in [-0.1, -0.05) is 12.1 Å². The quantitative estimate of drug-likeness (QED) is 0.843. The van der Waals surface area contributed by atoms with Gasteiger partial charge in [0.15, 0.2) is 0 Å². The minimum absolute atomic E-state index is 0.0113. The largest absolute Gasteiger partial charge is 0.347 e. The predicted molar refractivity (Wildman–Crippen MR) is 87.8 cm³/mol. The van der Waals surface area contributed by atoms with Crippen molar-refractivity contribution in [3.63, 3.8) is 0 Å². The lowest BCUT2D eigenvalue weighted by atomic mass is 10.3. The number of para-hydroxylation sites is 2. The van der Waals surface area contributed by atoms with Crippen LogP contribution in [0, 0.1) is 5.41 Å². The summed E-state index contributed by atoms with van der Waals surface area (Å²) >= 11 is 0. The van der Waals surface area contributed by atoms with Gasteiger partial charge in [-0.05, 0) is 26.0 Å². The third-order valence-electron chi connectivity index (χ3n) is 3.78. The minimum Gasteiger partial charge on any atom is -0.347 e. The smallest absolute Gasteiger partial charge is 0.244 e. The SMILES string of the molecule is CCn1c(=N)n(CC(=O)NC(C)C(=O)N(C)C)c2ccccc21. The van der Waals surface area contributed by atoms with E-state index >= 15 is 0 Å². The number of hydrogen-bond acceptors (Lipinski definition) is 3. The summed E-state index contributed by atoms with van der Waals surface area (Å²) in [5.74, 6) is -0.448. The molecule has 2 N–H and O–H groups in total. The summed E-state index contributed by atoms with van der Waals surface area (Å²) in [6.07, 6.45) is 0. The summed E-state index contributed by atoms with van der Waals surface area (Å²) in [5, 5.41) is 11.0. The first-order valence-electron chi connectivity index (χ1n) is 7.60. The molecule has 1 atom stereocenters. The number of nitrogens with one attached hydrogen (secondary N) is 2. The van der Waals surface area contributed by atoms with Crippen LogP contribution in [-0.2, 0) is 22.7 Å². The number of benzene rings is 1. The zero-order chi connectivity index (χ0) is 17.1. The number of imidazole rings is 1. The molecule has 7 nitrogen and oxygen atoms in total. The molecule has 7 heteroatoms. The molecule has 0 saturated heterocycles. The molecule has 0 fully saturated rings. The van der Waals surface area contributed by atoms with Crippen LogP contribution in [0.4, 0.5) is 0 Å². The van der Waals surface area contributed by atoms with Gasteiger partial charge in [0, 0.05) is 20.6 Å². The number of carbonyl (C=O) groups excluding carboxylic acids is 2. The molecule has 1 heterocycles. The van der Waals surface area contributed by atoms with Crippen molar-refractivity contribution in [3.8, 4) is 0 Å². The highest BCUT2D eigenvalue weighted by atomic mass is 16.2. The van der Waals surface area contributed by atoms with Crippen LogP contribution in [-0.4, -0.2) is 46.0 Å². The van der Waals surface area contributed by atoms with E-state index in [4.69, 9.17) is 5.41 Å². The van der Waals surface area contributed by atoms with Crippen LogP contribution < -0.4 is 10.9 Å². The van der Waals surface area contributed by atoms with E-state index in [1.54, 1.807) is 25.6 Å². The first kappa shape index (κ1) is 16.8. The fourth-order valence-electron chi connectivity index (χ4n) is 2.65. The molecule has 124 valence electrons. The Balaban J connectivity index is 2.25. The van der Waals surface area contributed by atoms with Crippen LogP contribution in [0.15, 0.2) is 24.3 Å². The van der Waals surface area contributed by atoms with Crippen molar-refractivity contribution in [2.45, 2.75) is 33.0 Å². The molecule has 0 spiro atoms. The van der Waals surface area contributed by atoms with Gasteiger partial charge in [-0.2, -0.15) is 0 Å². The van der Waals surface area contributed by atoms with Gasteiger partial charge in [-0.25, -0.2) is 0 Å². The van der Waals surface area contributed by atoms with E-state index in [0.29, 0.717) is 6.54 Å². The normalized spacial score (nSPS) is 12.2. The van der Waals surface area contributed by atoms with E-state index in [9.17, 15) is 9.59 Å². The maximum Gasteiger partial charge on any atom is 0.244 e. The highest BCUT2D eigenvalue weighted by Crippen LogP contribution is 2.12. The van der Waals surface area contributed by atoms with Gasteiger partial charge in [-0.3, -0.25) is 15.0 Å². The van der Waals surface area contributed by atoms with E-state index in [1.807, 2.05) is 35.8 Å². The van der Waals surface area contributed by atoms with Gasteiger partial charge in [0.2, 0.25) is 17.4 Å². The summed E-state index contributed by atoms with van der Waals surface area (Å²) in [5.41, 5.74) is 2.03. The average Bonchev–Trinajstić information content (AvgIpc) is 2.78. The number of amides is 2. The maximum atomic E-state index is 12.2. The topological polar surface area (TPSA) is 83.1 Å². The predicted octanol–water partition coefficient (Wildman–Crippen LogP) is 0.535. The van der Waals surface area contributed by atoms with E-state index in [1.165, 1.54) is 4.90 Å².